The number of H-pyrrole nitrogens is 1. The van der Waals surface area contributed by atoms with Crippen molar-refractivity contribution in [3.05, 3.63) is 39.0 Å². The molecular formula is C10H11ClN4OS. The van der Waals surface area contributed by atoms with Crippen LogP contribution in [0.25, 0.3) is 0 Å². The predicted octanol–water partition coefficient (Wildman–Crippen LogP) is 1.76. The average Bonchev–Trinajstić information content (AvgIpc) is 2.55. The molecule has 0 aliphatic rings. The van der Waals surface area contributed by atoms with Crippen molar-refractivity contribution < 1.29 is 0 Å². The van der Waals surface area contributed by atoms with Crippen LogP contribution in [0.3, 0.4) is 0 Å². The van der Waals surface area contributed by atoms with Gasteiger partial charge < -0.3 is 4.98 Å². The number of aryl methyl sites for hydroxylation is 2. The van der Waals surface area contributed by atoms with Crippen LogP contribution in [0.5, 0.6) is 0 Å². The predicted molar refractivity (Wildman–Crippen MR) is 67.4 cm³/mol. The second-order valence-electron chi connectivity index (χ2n) is 3.54. The molecule has 0 amide bonds. The molecule has 0 aromatic carbocycles. The summed E-state index contributed by atoms with van der Waals surface area (Å²) in [5.74, 6) is 0.613. The number of thioether (sulfide) groups is 1. The molecule has 0 saturated carbocycles. The quantitative estimate of drug-likeness (QED) is 0.682. The van der Waals surface area contributed by atoms with Gasteiger partial charge in [-0.25, -0.2) is 4.98 Å². The number of halogens is 1. The zero-order valence-corrected chi connectivity index (χ0v) is 11.0. The zero-order valence-electron chi connectivity index (χ0n) is 9.40. The fourth-order valence-corrected chi connectivity index (χ4v) is 2.66. The molecule has 2 rings (SSSR count). The minimum Gasteiger partial charge on any atom is -0.301 e. The largest absolute Gasteiger partial charge is 0.301 e. The molecule has 2 aromatic heterocycles. The first kappa shape index (κ1) is 12.2. The SMILES string of the molecule is Cc1cc(=O)[nH]c(SCc2c(Cl)cnn2C)n1. The lowest BCUT2D eigenvalue weighted by atomic mass is 10.5. The lowest BCUT2D eigenvalue weighted by Gasteiger charge is -2.03. The molecule has 0 aliphatic heterocycles. The van der Waals surface area contributed by atoms with Gasteiger partial charge in [-0.1, -0.05) is 23.4 Å². The third-order valence-corrected chi connectivity index (χ3v) is 3.40. The third kappa shape index (κ3) is 2.89. The number of hydrogen-bond donors (Lipinski definition) is 1. The Balaban J connectivity index is 2.15. The summed E-state index contributed by atoms with van der Waals surface area (Å²) in [6.07, 6.45) is 1.60. The highest BCUT2D eigenvalue weighted by Crippen LogP contribution is 2.23. The van der Waals surface area contributed by atoms with Crippen LogP contribution >= 0.6 is 23.4 Å². The Morgan fingerprint density at radius 2 is 2.35 bits per heavy atom. The maximum atomic E-state index is 11.3. The number of nitrogens with one attached hydrogen (secondary N) is 1. The molecule has 0 aliphatic carbocycles. The molecule has 0 atom stereocenters. The van der Waals surface area contributed by atoms with Crippen molar-refractivity contribution in [3.8, 4) is 0 Å². The summed E-state index contributed by atoms with van der Waals surface area (Å²) in [5.41, 5.74) is 1.46. The number of aromatic nitrogens is 4. The monoisotopic (exact) mass is 270 g/mol. The first-order valence-corrected chi connectivity index (χ1v) is 6.30. The second-order valence-corrected chi connectivity index (χ2v) is 4.91. The Bertz CT molecular complexity index is 573. The second kappa shape index (κ2) is 4.93. The first-order chi connectivity index (χ1) is 8.06. The summed E-state index contributed by atoms with van der Waals surface area (Å²) in [6, 6.07) is 1.46. The van der Waals surface area contributed by atoms with Gasteiger partial charge in [-0.3, -0.25) is 9.48 Å². The van der Waals surface area contributed by atoms with Crippen molar-refractivity contribution in [3.63, 3.8) is 0 Å². The van der Waals surface area contributed by atoms with Gasteiger partial charge >= 0.3 is 0 Å². The van der Waals surface area contributed by atoms with E-state index in [0.717, 1.165) is 5.69 Å². The molecule has 0 fully saturated rings. The van der Waals surface area contributed by atoms with Crippen molar-refractivity contribution in [1.29, 1.82) is 0 Å². The van der Waals surface area contributed by atoms with E-state index in [1.807, 2.05) is 7.05 Å². The summed E-state index contributed by atoms with van der Waals surface area (Å²) in [5, 5.41) is 5.25. The van der Waals surface area contributed by atoms with E-state index in [1.54, 1.807) is 17.8 Å². The highest BCUT2D eigenvalue weighted by molar-refractivity contribution is 7.98. The van der Waals surface area contributed by atoms with Gasteiger partial charge in [-0.2, -0.15) is 5.10 Å². The lowest BCUT2D eigenvalue weighted by molar-refractivity contribution is 0.735. The van der Waals surface area contributed by atoms with Crippen LogP contribution in [-0.4, -0.2) is 19.7 Å². The molecule has 2 aromatic rings. The third-order valence-electron chi connectivity index (χ3n) is 2.20. The highest BCUT2D eigenvalue weighted by Gasteiger charge is 2.08. The molecule has 0 radical (unpaired) electrons. The van der Waals surface area contributed by atoms with Crippen molar-refractivity contribution in [2.45, 2.75) is 17.8 Å². The Morgan fingerprint density at radius 3 is 2.94 bits per heavy atom. The van der Waals surface area contributed by atoms with Gasteiger partial charge in [-0.15, -0.1) is 0 Å². The normalized spacial score (nSPS) is 10.8. The van der Waals surface area contributed by atoms with E-state index in [1.165, 1.54) is 17.8 Å². The van der Waals surface area contributed by atoms with E-state index in [4.69, 9.17) is 11.6 Å². The van der Waals surface area contributed by atoms with Gasteiger partial charge in [-0.05, 0) is 6.92 Å². The van der Waals surface area contributed by atoms with Gasteiger partial charge in [0.1, 0.15) is 0 Å². The molecule has 0 saturated heterocycles. The van der Waals surface area contributed by atoms with Gasteiger partial charge in [0.15, 0.2) is 5.16 Å². The molecule has 0 spiro atoms. The van der Waals surface area contributed by atoms with E-state index in [9.17, 15) is 4.79 Å². The molecule has 2 heterocycles. The summed E-state index contributed by atoms with van der Waals surface area (Å²) in [7, 11) is 1.83. The van der Waals surface area contributed by atoms with Crippen molar-refractivity contribution in [2.75, 3.05) is 0 Å². The van der Waals surface area contributed by atoms with Crippen LogP contribution in [0.15, 0.2) is 22.2 Å². The van der Waals surface area contributed by atoms with Crippen LogP contribution in [0, 0.1) is 6.92 Å². The summed E-state index contributed by atoms with van der Waals surface area (Å²) in [4.78, 5) is 18.2. The summed E-state index contributed by atoms with van der Waals surface area (Å²) >= 11 is 7.41. The Morgan fingerprint density at radius 1 is 1.59 bits per heavy atom. The van der Waals surface area contributed by atoms with E-state index >= 15 is 0 Å². The van der Waals surface area contributed by atoms with E-state index < -0.39 is 0 Å². The number of nitrogens with zero attached hydrogens (tertiary/aromatic N) is 3. The fourth-order valence-electron chi connectivity index (χ4n) is 1.36. The Labute approximate surface area is 107 Å². The topological polar surface area (TPSA) is 63.6 Å². The number of aromatic amines is 1. The highest BCUT2D eigenvalue weighted by atomic mass is 35.5. The van der Waals surface area contributed by atoms with Crippen molar-refractivity contribution in [1.82, 2.24) is 19.7 Å². The standard InChI is InChI=1S/C10H11ClN4OS/c1-6-3-9(16)14-10(13-6)17-5-8-7(11)4-12-15(8)2/h3-4H,5H2,1-2H3,(H,13,14,16). The maximum Gasteiger partial charge on any atom is 0.251 e. The number of rotatable bonds is 3. The molecule has 0 bridgehead atoms. The van der Waals surface area contributed by atoms with Gasteiger partial charge in [0.2, 0.25) is 0 Å². The fraction of sp³-hybridized carbons (Fsp3) is 0.300. The minimum absolute atomic E-state index is 0.142. The van der Waals surface area contributed by atoms with Crippen molar-refractivity contribution in [2.24, 2.45) is 7.05 Å². The smallest absolute Gasteiger partial charge is 0.251 e. The zero-order chi connectivity index (χ0) is 12.4. The molecular weight excluding hydrogens is 260 g/mol. The van der Waals surface area contributed by atoms with E-state index in [0.29, 0.717) is 21.6 Å². The Kier molecular flexibility index (Phi) is 3.54. The lowest BCUT2D eigenvalue weighted by Crippen LogP contribution is -2.08. The summed E-state index contributed by atoms with van der Waals surface area (Å²) < 4.78 is 1.71. The maximum absolute atomic E-state index is 11.3. The summed E-state index contributed by atoms with van der Waals surface area (Å²) in [6.45, 7) is 1.79. The van der Waals surface area contributed by atoms with E-state index in [2.05, 4.69) is 15.1 Å². The number of hydrogen-bond acceptors (Lipinski definition) is 4. The molecule has 90 valence electrons. The van der Waals surface area contributed by atoms with Gasteiger partial charge in [0.25, 0.3) is 5.56 Å². The molecule has 0 unspecified atom stereocenters. The average molecular weight is 271 g/mol. The van der Waals surface area contributed by atoms with Crippen molar-refractivity contribution >= 4 is 23.4 Å². The molecule has 5 nitrogen and oxygen atoms in total. The minimum atomic E-state index is -0.142. The van der Waals surface area contributed by atoms with E-state index in [-0.39, 0.29) is 5.56 Å². The van der Waals surface area contributed by atoms with Crippen LogP contribution < -0.4 is 5.56 Å². The molecule has 17 heavy (non-hydrogen) atoms. The Hall–Kier alpha value is -1.27. The van der Waals surface area contributed by atoms with Gasteiger partial charge in [0.05, 0.1) is 16.9 Å². The molecule has 1 N–H and O–H groups in total. The van der Waals surface area contributed by atoms with Crippen LogP contribution in [0.4, 0.5) is 0 Å². The van der Waals surface area contributed by atoms with Crippen LogP contribution in [-0.2, 0) is 12.8 Å². The first-order valence-electron chi connectivity index (χ1n) is 4.93. The molecule has 7 heteroatoms. The van der Waals surface area contributed by atoms with Gasteiger partial charge in [0, 0.05) is 24.6 Å². The van der Waals surface area contributed by atoms with Crippen LogP contribution in [0.1, 0.15) is 11.4 Å². The van der Waals surface area contributed by atoms with Crippen LogP contribution in [0.2, 0.25) is 5.02 Å².